The third kappa shape index (κ3) is 54.8. The first kappa shape index (κ1) is 68.2. The number of aliphatic hydroxyl groups excluding tert-OH is 1. The van der Waals surface area contributed by atoms with Crippen molar-refractivity contribution < 1.29 is 32.9 Å². The number of hydrogen-bond acceptors (Lipinski definition) is 5. The smallest absolute Gasteiger partial charge is 0.387 e. The maximum absolute atomic E-state index is 12.9. The van der Waals surface area contributed by atoms with Crippen molar-refractivity contribution in [3.05, 3.63) is 109 Å². The Morgan fingerprint density at radius 1 is 0.479 bits per heavy atom. The minimum atomic E-state index is -4.35. The summed E-state index contributed by atoms with van der Waals surface area (Å²) in [7, 11) is 1.54. The molecule has 3 unspecified atom stereocenters. The van der Waals surface area contributed by atoms with Crippen molar-refractivity contribution in [1.82, 2.24) is 5.32 Å². The first-order chi connectivity index (χ1) is 34.5. The molecule has 1 amide bonds. The summed E-state index contributed by atoms with van der Waals surface area (Å²) >= 11 is 0. The Morgan fingerprint density at radius 3 is 1.24 bits per heavy atom. The van der Waals surface area contributed by atoms with Gasteiger partial charge in [0.2, 0.25) is 5.91 Å². The fraction of sp³-hybridized carbons (Fsp3) is 0.694. The van der Waals surface area contributed by atoms with Gasteiger partial charge in [-0.1, -0.05) is 239 Å². The molecule has 9 heteroatoms. The first-order valence-electron chi connectivity index (χ1n) is 28.8. The third-order valence-corrected chi connectivity index (χ3v) is 13.2. The van der Waals surface area contributed by atoms with Crippen LogP contribution in [0.25, 0.3) is 0 Å². The number of unbranched alkanes of at least 4 members (excludes halogenated alkanes) is 22. The molecule has 8 nitrogen and oxygen atoms in total. The van der Waals surface area contributed by atoms with Gasteiger partial charge in [0.25, 0.3) is 0 Å². The van der Waals surface area contributed by atoms with Crippen LogP contribution in [0.4, 0.5) is 0 Å². The molecule has 0 aliphatic carbocycles. The normalized spacial score (nSPS) is 14.7. The van der Waals surface area contributed by atoms with E-state index in [1.54, 1.807) is 6.08 Å². The van der Waals surface area contributed by atoms with Gasteiger partial charge in [-0.15, -0.1) is 0 Å². The summed E-state index contributed by atoms with van der Waals surface area (Å²) in [6, 6.07) is -0.872. The summed E-state index contributed by atoms with van der Waals surface area (Å²) in [5, 5.41) is 13.8. The molecule has 0 bridgehead atoms. The Morgan fingerprint density at radius 2 is 0.817 bits per heavy atom. The number of phosphoric ester groups is 1. The molecular formula is C62H110N2O6P+. The van der Waals surface area contributed by atoms with E-state index in [2.05, 4.69) is 116 Å². The number of nitrogens with zero attached hydrogens (tertiary/aromatic N) is 1. The molecule has 0 fully saturated rings. The maximum atomic E-state index is 12.9. The van der Waals surface area contributed by atoms with Gasteiger partial charge in [0, 0.05) is 6.42 Å². The van der Waals surface area contributed by atoms with E-state index >= 15 is 0 Å². The summed E-state index contributed by atoms with van der Waals surface area (Å²) in [6.07, 6.45) is 76.6. The Labute approximate surface area is 438 Å². The van der Waals surface area contributed by atoms with Gasteiger partial charge in [-0.2, -0.15) is 0 Å². The first-order valence-corrected chi connectivity index (χ1v) is 30.3. The summed E-state index contributed by atoms with van der Waals surface area (Å²) < 4.78 is 23.6. The van der Waals surface area contributed by atoms with E-state index in [0.717, 1.165) is 89.9 Å². The lowest BCUT2D eigenvalue weighted by Gasteiger charge is -2.25. The molecule has 0 rings (SSSR count). The standard InChI is InChI=1S/C62H109N2O6P/c1-6-8-10-12-14-16-18-19-20-21-22-23-24-25-26-27-28-29-30-31-32-33-34-35-36-37-38-39-40-41-42-43-44-45-46-48-50-52-54-56-62(66)63-60(59-70-71(67,68)69-58-57-64(3,4)5)61(65)55-53-51-49-47-17-15-13-11-9-7-2/h8-11,14,16-17,19-20,22-23,25-26,28-29,47,53,55,60-61,65H,6-7,12-13,15,18,21,24,27,30-46,48-52,54,56-59H2,1-5H3,(H-,63,66,67,68)/p+1/b10-8-,11-9+,16-14-,20-19-,23-22-,26-25-,29-28-,47-17+,55-53+. The predicted molar refractivity (Wildman–Crippen MR) is 309 cm³/mol. The molecule has 0 aliphatic heterocycles. The number of allylic oxidation sites excluding steroid dienone is 17. The van der Waals surface area contributed by atoms with Crippen molar-refractivity contribution in [2.24, 2.45) is 0 Å². The zero-order valence-corrected chi connectivity index (χ0v) is 47.3. The number of amides is 1. The van der Waals surface area contributed by atoms with Crippen LogP contribution < -0.4 is 5.32 Å². The highest BCUT2D eigenvalue weighted by molar-refractivity contribution is 7.47. The van der Waals surface area contributed by atoms with Crippen LogP contribution in [0.15, 0.2) is 109 Å². The van der Waals surface area contributed by atoms with Gasteiger partial charge in [-0.3, -0.25) is 13.8 Å². The Balaban J connectivity index is 3.91. The Kier molecular flexibility index (Phi) is 50.0. The Bertz CT molecular complexity index is 1520. The Hall–Kier alpha value is -2.84. The van der Waals surface area contributed by atoms with E-state index in [0.29, 0.717) is 17.4 Å². The number of likely N-dealkylation sites (N-methyl/N-ethyl adjacent to an activating group) is 1. The molecule has 0 saturated heterocycles. The minimum absolute atomic E-state index is 0.0504. The largest absolute Gasteiger partial charge is 0.472 e. The lowest BCUT2D eigenvalue weighted by atomic mass is 10.0. The summed E-state index contributed by atoms with van der Waals surface area (Å²) in [5.41, 5.74) is 0. The van der Waals surface area contributed by atoms with Gasteiger partial charge in [-0.25, -0.2) is 4.57 Å². The SMILES string of the molecule is CC/C=C\C/C=C\C/C=C\C/C=C\C/C=C\C/C=C\CCCCCCCCCCCCCCCCCCCCCCC(=O)NC(COP(=O)(O)OCC[N+](C)(C)C)C(O)/C=C/CC/C=C/CC/C=C/CC. The van der Waals surface area contributed by atoms with E-state index in [1.165, 1.54) is 116 Å². The molecule has 3 N–H and O–H groups in total. The van der Waals surface area contributed by atoms with Gasteiger partial charge in [0.15, 0.2) is 0 Å². The molecular weight excluding hydrogens is 900 g/mol. The van der Waals surface area contributed by atoms with Crippen LogP contribution in [0.5, 0.6) is 0 Å². The van der Waals surface area contributed by atoms with Crippen LogP contribution in [0.2, 0.25) is 0 Å². The van der Waals surface area contributed by atoms with E-state index < -0.39 is 20.0 Å². The second kappa shape index (κ2) is 52.0. The van der Waals surface area contributed by atoms with Crippen LogP contribution in [-0.2, 0) is 18.4 Å². The molecule has 0 aromatic heterocycles. The average molecular weight is 1010 g/mol. The highest BCUT2D eigenvalue weighted by Gasteiger charge is 2.27. The number of rotatable bonds is 51. The van der Waals surface area contributed by atoms with E-state index in [4.69, 9.17) is 9.05 Å². The number of hydrogen-bond donors (Lipinski definition) is 3. The van der Waals surface area contributed by atoms with Gasteiger partial charge in [-0.05, 0) is 89.9 Å². The van der Waals surface area contributed by atoms with Crippen LogP contribution in [0.1, 0.15) is 226 Å². The number of quaternary nitrogens is 1. The highest BCUT2D eigenvalue weighted by atomic mass is 31.2. The zero-order chi connectivity index (χ0) is 52.0. The second-order valence-electron chi connectivity index (χ2n) is 20.2. The highest BCUT2D eigenvalue weighted by Crippen LogP contribution is 2.43. The van der Waals surface area contributed by atoms with Crippen LogP contribution >= 0.6 is 7.82 Å². The number of nitrogens with one attached hydrogen (secondary N) is 1. The monoisotopic (exact) mass is 1010 g/mol. The number of carbonyl (C=O) groups is 1. The number of aliphatic hydroxyl groups is 1. The quantitative estimate of drug-likeness (QED) is 0.0243. The third-order valence-electron chi connectivity index (χ3n) is 12.2. The minimum Gasteiger partial charge on any atom is -0.387 e. The lowest BCUT2D eigenvalue weighted by Crippen LogP contribution is -2.45. The van der Waals surface area contributed by atoms with E-state index in [1.807, 2.05) is 27.2 Å². The molecule has 0 heterocycles. The van der Waals surface area contributed by atoms with Crippen molar-refractivity contribution in [2.75, 3.05) is 40.9 Å². The van der Waals surface area contributed by atoms with Gasteiger partial charge in [0.1, 0.15) is 13.2 Å². The van der Waals surface area contributed by atoms with Gasteiger partial charge >= 0.3 is 7.82 Å². The topological polar surface area (TPSA) is 105 Å². The fourth-order valence-electron chi connectivity index (χ4n) is 7.79. The lowest BCUT2D eigenvalue weighted by molar-refractivity contribution is -0.870. The molecule has 0 spiro atoms. The molecule has 408 valence electrons. The van der Waals surface area contributed by atoms with Crippen molar-refractivity contribution in [3.8, 4) is 0 Å². The second-order valence-corrected chi connectivity index (χ2v) is 21.7. The summed E-state index contributed by atoms with van der Waals surface area (Å²) in [6.45, 7) is 4.54. The summed E-state index contributed by atoms with van der Waals surface area (Å²) in [5.74, 6) is -0.195. The maximum Gasteiger partial charge on any atom is 0.472 e. The van der Waals surface area contributed by atoms with Gasteiger partial charge < -0.3 is 19.8 Å². The van der Waals surface area contributed by atoms with Crippen molar-refractivity contribution >= 4 is 13.7 Å². The van der Waals surface area contributed by atoms with Crippen molar-refractivity contribution in [3.63, 3.8) is 0 Å². The average Bonchev–Trinajstić information content (AvgIpc) is 3.33. The van der Waals surface area contributed by atoms with Crippen molar-refractivity contribution in [2.45, 2.75) is 238 Å². The predicted octanol–water partition coefficient (Wildman–Crippen LogP) is 17.6. The van der Waals surface area contributed by atoms with Gasteiger partial charge in [0.05, 0.1) is 39.9 Å². The molecule has 0 aromatic carbocycles. The van der Waals surface area contributed by atoms with E-state index in [9.17, 15) is 19.4 Å². The molecule has 71 heavy (non-hydrogen) atoms. The van der Waals surface area contributed by atoms with Crippen molar-refractivity contribution in [1.29, 1.82) is 0 Å². The van der Waals surface area contributed by atoms with Crippen LogP contribution in [-0.4, -0.2) is 73.4 Å². The number of carbonyl (C=O) groups excluding carboxylic acids is 1. The zero-order valence-electron chi connectivity index (χ0n) is 46.4. The van der Waals surface area contributed by atoms with E-state index in [-0.39, 0.29) is 19.1 Å². The fourth-order valence-corrected chi connectivity index (χ4v) is 8.53. The molecule has 0 radical (unpaired) electrons. The van der Waals surface area contributed by atoms with Crippen LogP contribution in [0.3, 0.4) is 0 Å². The molecule has 0 aliphatic rings. The molecule has 3 atom stereocenters. The molecule has 0 aromatic rings. The summed E-state index contributed by atoms with van der Waals surface area (Å²) in [4.78, 5) is 23.2. The molecule has 0 saturated carbocycles. The number of phosphoric acid groups is 1. The van der Waals surface area contributed by atoms with Crippen LogP contribution in [0, 0.1) is 0 Å².